The van der Waals surface area contributed by atoms with Crippen molar-refractivity contribution in [3.63, 3.8) is 0 Å². The molecule has 150 valence electrons. The largest absolute Gasteiger partial charge is 0.356 e. The normalized spacial score (nSPS) is 21.7. The van der Waals surface area contributed by atoms with Crippen LogP contribution in [0.3, 0.4) is 0 Å². The number of carbonyl (C=O) groups is 1. The van der Waals surface area contributed by atoms with Gasteiger partial charge in [0, 0.05) is 30.9 Å². The molecular formula is C21H35N5O. The maximum Gasteiger partial charge on any atom is 0.256 e. The summed E-state index contributed by atoms with van der Waals surface area (Å²) in [6, 6.07) is 2.58. The summed E-state index contributed by atoms with van der Waals surface area (Å²) in [4.78, 5) is 19.4. The van der Waals surface area contributed by atoms with E-state index in [1.54, 1.807) is 6.92 Å². The summed E-state index contributed by atoms with van der Waals surface area (Å²) >= 11 is 0. The Labute approximate surface area is 163 Å². The van der Waals surface area contributed by atoms with Gasteiger partial charge in [-0.3, -0.25) is 4.79 Å². The first kappa shape index (κ1) is 20.1. The van der Waals surface area contributed by atoms with Crippen molar-refractivity contribution in [2.24, 2.45) is 5.73 Å². The first-order chi connectivity index (χ1) is 12.9. The van der Waals surface area contributed by atoms with Gasteiger partial charge in [-0.2, -0.15) is 0 Å². The lowest BCUT2D eigenvalue weighted by Gasteiger charge is -2.43. The van der Waals surface area contributed by atoms with Crippen molar-refractivity contribution in [3.8, 4) is 0 Å². The van der Waals surface area contributed by atoms with Crippen LogP contribution in [-0.4, -0.2) is 41.7 Å². The van der Waals surface area contributed by atoms with Gasteiger partial charge in [-0.15, -0.1) is 0 Å². The number of carbonyl (C=O) groups excluding carboxylic acids is 1. The average Bonchev–Trinajstić information content (AvgIpc) is 2.62. The number of aromatic nitrogens is 1. The minimum absolute atomic E-state index is 0.148. The predicted molar refractivity (Wildman–Crippen MR) is 110 cm³/mol. The van der Waals surface area contributed by atoms with Crippen molar-refractivity contribution in [1.29, 1.82) is 0 Å². The molecule has 1 aromatic heterocycles. The highest BCUT2D eigenvalue weighted by molar-refractivity contribution is 5.99. The van der Waals surface area contributed by atoms with Crippen LogP contribution in [0.2, 0.25) is 0 Å². The zero-order chi connectivity index (χ0) is 19.4. The number of pyridine rings is 1. The smallest absolute Gasteiger partial charge is 0.256 e. The minimum Gasteiger partial charge on any atom is -0.356 e. The summed E-state index contributed by atoms with van der Waals surface area (Å²) in [6.45, 7) is 7.89. The number of hydrogen-bond donors (Lipinski definition) is 3. The number of aryl methyl sites for hydroxylation is 1. The van der Waals surface area contributed by atoms with Crippen molar-refractivity contribution in [3.05, 3.63) is 23.4 Å². The fourth-order valence-electron chi connectivity index (χ4n) is 4.36. The van der Waals surface area contributed by atoms with E-state index < -0.39 is 0 Å². The molecule has 1 aliphatic carbocycles. The predicted octanol–water partition coefficient (Wildman–Crippen LogP) is 2.71. The maximum absolute atomic E-state index is 12.6. The first-order valence-electron chi connectivity index (χ1n) is 10.4. The molecular weight excluding hydrogens is 338 g/mol. The lowest BCUT2D eigenvalue weighted by molar-refractivity contribution is 0.0941. The number of amides is 1. The van der Waals surface area contributed by atoms with Gasteiger partial charge in [0.05, 0.1) is 11.7 Å². The van der Waals surface area contributed by atoms with E-state index in [-0.39, 0.29) is 17.6 Å². The van der Waals surface area contributed by atoms with E-state index in [0.29, 0.717) is 11.6 Å². The Balaban J connectivity index is 1.67. The molecule has 2 aliphatic rings. The Kier molecular flexibility index (Phi) is 6.37. The molecule has 6 nitrogen and oxygen atoms in total. The Morgan fingerprint density at radius 2 is 1.96 bits per heavy atom. The monoisotopic (exact) mass is 373 g/mol. The quantitative estimate of drug-likeness (QED) is 0.691. The Bertz CT molecular complexity index is 646. The number of nitrogens with one attached hydrogen (secondary N) is 2. The summed E-state index contributed by atoms with van der Waals surface area (Å²) < 4.78 is 0. The van der Waals surface area contributed by atoms with Gasteiger partial charge in [0.1, 0.15) is 5.82 Å². The molecule has 4 N–H and O–H groups in total. The zero-order valence-electron chi connectivity index (χ0n) is 17.1. The lowest BCUT2D eigenvalue weighted by atomic mass is 9.86. The van der Waals surface area contributed by atoms with E-state index in [1.807, 2.05) is 19.2 Å². The number of rotatable bonds is 5. The van der Waals surface area contributed by atoms with Gasteiger partial charge < -0.3 is 21.3 Å². The van der Waals surface area contributed by atoms with Crippen LogP contribution in [0.4, 0.5) is 5.82 Å². The standard InChI is InChI=1S/C21H35N5O/c1-15-13-18(20(27)24-16(2)22)19(23-14-15)26-11-9-21(3,10-12-26)25-17-7-5-4-6-8-17/h13-14,16-17,25H,4-12,22H2,1-3H3,(H,24,27). The van der Waals surface area contributed by atoms with Gasteiger partial charge in [0.2, 0.25) is 0 Å². The molecule has 1 amide bonds. The van der Waals surface area contributed by atoms with Gasteiger partial charge in [-0.05, 0) is 58.1 Å². The molecule has 3 rings (SSSR count). The fourth-order valence-corrected chi connectivity index (χ4v) is 4.36. The molecule has 0 aromatic carbocycles. The molecule has 0 radical (unpaired) electrons. The maximum atomic E-state index is 12.6. The fraction of sp³-hybridized carbons (Fsp3) is 0.714. The van der Waals surface area contributed by atoms with E-state index in [4.69, 9.17) is 5.73 Å². The van der Waals surface area contributed by atoms with E-state index in [1.165, 1.54) is 32.1 Å². The van der Waals surface area contributed by atoms with Crippen LogP contribution in [0.25, 0.3) is 0 Å². The second-order valence-corrected chi connectivity index (χ2v) is 8.67. The van der Waals surface area contributed by atoms with Crippen LogP contribution in [-0.2, 0) is 0 Å². The van der Waals surface area contributed by atoms with E-state index in [2.05, 4.69) is 27.4 Å². The van der Waals surface area contributed by atoms with Gasteiger partial charge in [0.25, 0.3) is 5.91 Å². The average molecular weight is 374 g/mol. The van der Waals surface area contributed by atoms with Gasteiger partial charge >= 0.3 is 0 Å². The molecule has 1 aromatic rings. The number of piperidine rings is 1. The zero-order valence-corrected chi connectivity index (χ0v) is 17.1. The molecule has 2 heterocycles. The third-order valence-corrected chi connectivity index (χ3v) is 5.93. The Morgan fingerprint density at radius 3 is 2.59 bits per heavy atom. The summed E-state index contributed by atoms with van der Waals surface area (Å²) in [5.74, 6) is 0.628. The second kappa shape index (κ2) is 8.57. The Hall–Kier alpha value is -1.66. The topological polar surface area (TPSA) is 83.3 Å². The van der Waals surface area contributed by atoms with E-state index in [0.717, 1.165) is 37.3 Å². The van der Waals surface area contributed by atoms with Gasteiger partial charge in [-0.25, -0.2) is 4.98 Å². The Morgan fingerprint density at radius 1 is 1.30 bits per heavy atom. The molecule has 1 atom stereocenters. The van der Waals surface area contributed by atoms with Crippen molar-refractivity contribution >= 4 is 11.7 Å². The number of nitrogens with two attached hydrogens (primary N) is 1. The summed E-state index contributed by atoms with van der Waals surface area (Å²) in [5.41, 5.74) is 7.53. The van der Waals surface area contributed by atoms with Crippen LogP contribution in [0.1, 0.15) is 74.7 Å². The molecule has 27 heavy (non-hydrogen) atoms. The van der Waals surface area contributed by atoms with E-state index >= 15 is 0 Å². The van der Waals surface area contributed by atoms with Crippen LogP contribution >= 0.6 is 0 Å². The minimum atomic E-state index is -0.379. The number of hydrogen-bond acceptors (Lipinski definition) is 5. The van der Waals surface area contributed by atoms with Crippen molar-refractivity contribution < 1.29 is 4.79 Å². The molecule has 6 heteroatoms. The molecule has 0 bridgehead atoms. The number of anilines is 1. The van der Waals surface area contributed by atoms with Crippen molar-refractivity contribution in [1.82, 2.24) is 15.6 Å². The van der Waals surface area contributed by atoms with Crippen LogP contribution in [0, 0.1) is 6.92 Å². The second-order valence-electron chi connectivity index (χ2n) is 8.67. The summed E-state index contributed by atoms with van der Waals surface area (Å²) in [6.07, 6.45) is 10.3. The summed E-state index contributed by atoms with van der Waals surface area (Å²) in [7, 11) is 0. The van der Waals surface area contributed by atoms with Gasteiger partial charge in [-0.1, -0.05) is 19.3 Å². The summed E-state index contributed by atoms with van der Waals surface area (Å²) in [5, 5.41) is 6.73. The molecule has 0 spiro atoms. The highest BCUT2D eigenvalue weighted by Crippen LogP contribution is 2.29. The first-order valence-corrected chi connectivity index (χ1v) is 10.4. The number of nitrogens with zero attached hydrogens (tertiary/aromatic N) is 2. The molecule has 2 fully saturated rings. The highest BCUT2D eigenvalue weighted by Gasteiger charge is 2.33. The van der Waals surface area contributed by atoms with Crippen LogP contribution < -0.4 is 21.3 Å². The van der Waals surface area contributed by atoms with Crippen LogP contribution in [0.5, 0.6) is 0 Å². The highest BCUT2D eigenvalue weighted by atomic mass is 16.1. The molecule has 1 saturated carbocycles. The van der Waals surface area contributed by atoms with Crippen molar-refractivity contribution in [2.45, 2.75) is 83.5 Å². The van der Waals surface area contributed by atoms with Crippen molar-refractivity contribution in [2.75, 3.05) is 18.0 Å². The van der Waals surface area contributed by atoms with E-state index in [9.17, 15) is 4.79 Å². The van der Waals surface area contributed by atoms with Crippen LogP contribution in [0.15, 0.2) is 12.3 Å². The SMILES string of the molecule is Cc1cnc(N2CCC(C)(NC3CCCCC3)CC2)c(C(=O)NC(C)N)c1. The third-order valence-electron chi connectivity index (χ3n) is 5.93. The molecule has 1 saturated heterocycles. The lowest BCUT2D eigenvalue weighted by Crippen LogP contribution is -2.55. The third kappa shape index (κ3) is 5.20. The molecule has 1 unspecified atom stereocenters. The molecule has 1 aliphatic heterocycles. The van der Waals surface area contributed by atoms with Gasteiger partial charge in [0.15, 0.2) is 0 Å².